The topological polar surface area (TPSA) is 96.7 Å². The Morgan fingerprint density at radius 1 is 1.33 bits per heavy atom. The summed E-state index contributed by atoms with van der Waals surface area (Å²) in [7, 11) is 0. The van der Waals surface area contributed by atoms with Crippen LogP contribution in [-0.2, 0) is 13.1 Å². The van der Waals surface area contributed by atoms with Gasteiger partial charge in [-0.2, -0.15) is 0 Å². The molecule has 2 aromatic heterocycles. The number of hydrogen-bond donors (Lipinski definition) is 2. The van der Waals surface area contributed by atoms with E-state index in [9.17, 15) is 0 Å². The van der Waals surface area contributed by atoms with Gasteiger partial charge in [-0.25, -0.2) is 4.98 Å². The maximum Gasteiger partial charge on any atom is 0.152 e. The maximum absolute atomic E-state index is 7.33. The normalized spacial score (nSPS) is 14.3. The minimum absolute atomic E-state index is 0.0347. The van der Waals surface area contributed by atoms with Gasteiger partial charge in [0.15, 0.2) is 5.82 Å². The number of hydrogen-bond acceptors (Lipinski definition) is 5. The molecule has 3 heterocycles. The van der Waals surface area contributed by atoms with E-state index in [1.807, 2.05) is 16.7 Å². The highest BCUT2D eigenvalue weighted by Crippen LogP contribution is 2.17. The fourth-order valence-corrected chi connectivity index (χ4v) is 1.99. The first-order valence-corrected chi connectivity index (χ1v) is 5.66. The molecule has 1 aliphatic rings. The highest BCUT2D eigenvalue weighted by molar-refractivity contribution is 5.94. The molecule has 0 amide bonds. The van der Waals surface area contributed by atoms with Crippen molar-refractivity contribution in [2.24, 2.45) is 5.73 Å². The molecule has 0 unspecified atom stereocenters. The van der Waals surface area contributed by atoms with Crippen molar-refractivity contribution in [2.75, 3.05) is 11.4 Å². The van der Waals surface area contributed by atoms with E-state index < -0.39 is 0 Å². The van der Waals surface area contributed by atoms with Gasteiger partial charge in [-0.05, 0) is 12.1 Å². The second-order valence-electron chi connectivity index (χ2n) is 4.18. The Balaban J connectivity index is 1.82. The molecule has 1 aliphatic heterocycles. The van der Waals surface area contributed by atoms with E-state index >= 15 is 0 Å². The van der Waals surface area contributed by atoms with E-state index in [1.165, 1.54) is 0 Å². The first kappa shape index (κ1) is 10.7. The summed E-state index contributed by atoms with van der Waals surface area (Å²) in [5, 5.41) is 15.3. The summed E-state index contributed by atoms with van der Waals surface area (Å²) in [5.41, 5.74) is 6.04. The van der Waals surface area contributed by atoms with Crippen LogP contribution in [0.5, 0.6) is 0 Å². The van der Waals surface area contributed by atoms with Crippen LogP contribution in [0, 0.1) is 5.41 Å². The zero-order valence-electron chi connectivity index (χ0n) is 9.74. The van der Waals surface area contributed by atoms with Gasteiger partial charge in [-0.3, -0.25) is 5.41 Å². The first-order valence-electron chi connectivity index (χ1n) is 5.66. The molecule has 0 saturated heterocycles. The van der Waals surface area contributed by atoms with E-state index in [0.29, 0.717) is 12.1 Å². The Morgan fingerprint density at radius 3 is 2.94 bits per heavy atom. The Labute approximate surface area is 104 Å². The minimum Gasteiger partial charge on any atom is -0.384 e. The van der Waals surface area contributed by atoms with Crippen LogP contribution >= 0.6 is 0 Å². The summed E-state index contributed by atoms with van der Waals surface area (Å²) in [4.78, 5) is 6.46. The zero-order chi connectivity index (χ0) is 12.5. The number of anilines is 1. The highest BCUT2D eigenvalue weighted by Gasteiger charge is 2.18. The van der Waals surface area contributed by atoms with Crippen molar-refractivity contribution < 1.29 is 0 Å². The monoisotopic (exact) mass is 243 g/mol. The summed E-state index contributed by atoms with van der Waals surface area (Å²) < 4.78 is 2.04. The predicted octanol–water partition coefficient (Wildman–Crippen LogP) is -0.0226. The molecule has 0 spiro atoms. The smallest absolute Gasteiger partial charge is 0.152 e. The van der Waals surface area contributed by atoms with Crippen LogP contribution in [-0.4, -0.2) is 32.1 Å². The van der Waals surface area contributed by atoms with Gasteiger partial charge in [0.1, 0.15) is 18.0 Å². The third-order valence-corrected chi connectivity index (χ3v) is 3.02. The molecule has 0 saturated carbocycles. The quantitative estimate of drug-likeness (QED) is 0.570. The number of fused-ring (bicyclic) bond motifs is 1. The molecular weight excluding hydrogens is 230 g/mol. The maximum atomic E-state index is 7.33. The van der Waals surface area contributed by atoms with Crippen molar-refractivity contribution >= 4 is 11.7 Å². The molecule has 7 nitrogen and oxygen atoms in total. The standard InChI is InChI=1S/C11H13N7/c12-11(13)8-1-2-9(14-5-8)17-3-4-18-7-15-16-10(18)6-17/h1-2,5,7H,3-4,6H2,(H3,12,13). The number of nitrogens with one attached hydrogen (secondary N) is 1. The number of amidine groups is 1. The van der Waals surface area contributed by atoms with Crippen LogP contribution in [0.2, 0.25) is 0 Å². The fourth-order valence-electron chi connectivity index (χ4n) is 1.99. The van der Waals surface area contributed by atoms with Crippen molar-refractivity contribution in [2.45, 2.75) is 13.1 Å². The van der Waals surface area contributed by atoms with Crippen LogP contribution in [0.3, 0.4) is 0 Å². The number of pyridine rings is 1. The van der Waals surface area contributed by atoms with Crippen molar-refractivity contribution in [3.05, 3.63) is 36.0 Å². The third kappa shape index (κ3) is 1.79. The summed E-state index contributed by atoms with van der Waals surface area (Å²) in [5.74, 6) is 1.85. The molecule has 0 aliphatic carbocycles. The van der Waals surface area contributed by atoms with Crippen molar-refractivity contribution in [3.8, 4) is 0 Å². The molecule has 0 radical (unpaired) electrons. The van der Waals surface area contributed by atoms with Crippen LogP contribution < -0.4 is 10.6 Å². The number of rotatable bonds is 2. The van der Waals surface area contributed by atoms with Crippen molar-refractivity contribution in [1.29, 1.82) is 5.41 Å². The number of nitrogens with zero attached hydrogens (tertiary/aromatic N) is 5. The molecular formula is C11H13N7. The Kier molecular flexibility index (Phi) is 2.44. The van der Waals surface area contributed by atoms with Gasteiger partial charge in [0, 0.05) is 24.8 Å². The van der Waals surface area contributed by atoms with E-state index in [1.54, 1.807) is 12.5 Å². The molecule has 0 aromatic carbocycles. The average molecular weight is 243 g/mol. The van der Waals surface area contributed by atoms with Crippen molar-refractivity contribution in [3.63, 3.8) is 0 Å². The van der Waals surface area contributed by atoms with Crippen LogP contribution in [0.1, 0.15) is 11.4 Å². The van der Waals surface area contributed by atoms with Gasteiger partial charge < -0.3 is 15.2 Å². The van der Waals surface area contributed by atoms with Crippen LogP contribution in [0.25, 0.3) is 0 Å². The van der Waals surface area contributed by atoms with E-state index in [-0.39, 0.29) is 5.84 Å². The minimum atomic E-state index is 0.0347. The lowest BCUT2D eigenvalue weighted by molar-refractivity contribution is 0.556. The Morgan fingerprint density at radius 2 is 2.22 bits per heavy atom. The summed E-state index contributed by atoms with van der Waals surface area (Å²) in [6, 6.07) is 3.69. The third-order valence-electron chi connectivity index (χ3n) is 3.02. The van der Waals surface area contributed by atoms with Crippen LogP contribution in [0.15, 0.2) is 24.7 Å². The molecule has 3 rings (SSSR count). The van der Waals surface area contributed by atoms with Gasteiger partial charge in [0.25, 0.3) is 0 Å². The number of nitrogens with two attached hydrogens (primary N) is 1. The van der Waals surface area contributed by atoms with E-state index in [4.69, 9.17) is 11.1 Å². The van der Waals surface area contributed by atoms with Gasteiger partial charge in [-0.1, -0.05) is 0 Å². The largest absolute Gasteiger partial charge is 0.384 e. The second kappa shape index (κ2) is 4.10. The lowest BCUT2D eigenvalue weighted by Crippen LogP contribution is -2.34. The highest BCUT2D eigenvalue weighted by atomic mass is 15.3. The Bertz CT molecular complexity index is 571. The summed E-state index contributed by atoms with van der Waals surface area (Å²) in [6.07, 6.45) is 3.37. The lowest BCUT2D eigenvalue weighted by atomic mass is 10.2. The van der Waals surface area contributed by atoms with Gasteiger partial charge in [0.05, 0.1) is 6.54 Å². The predicted molar refractivity (Wildman–Crippen MR) is 66.3 cm³/mol. The zero-order valence-corrected chi connectivity index (χ0v) is 9.74. The molecule has 92 valence electrons. The lowest BCUT2D eigenvalue weighted by Gasteiger charge is -2.27. The molecule has 18 heavy (non-hydrogen) atoms. The first-order chi connectivity index (χ1) is 8.74. The van der Waals surface area contributed by atoms with Gasteiger partial charge in [-0.15, -0.1) is 10.2 Å². The number of aromatic nitrogens is 4. The summed E-state index contributed by atoms with van der Waals surface area (Å²) in [6.45, 7) is 2.43. The van der Waals surface area contributed by atoms with E-state index in [2.05, 4.69) is 20.1 Å². The second-order valence-corrected chi connectivity index (χ2v) is 4.18. The Hall–Kier alpha value is -2.44. The van der Waals surface area contributed by atoms with E-state index in [0.717, 1.165) is 24.7 Å². The van der Waals surface area contributed by atoms with Gasteiger partial charge >= 0.3 is 0 Å². The molecule has 0 fully saturated rings. The fraction of sp³-hybridized carbons (Fsp3) is 0.273. The summed E-state index contributed by atoms with van der Waals surface area (Å²) >= 11 is 0. The molecule has 2 aromatic rings. The van der Waals surface area contributed by atoms with Crippen molar-refractivity contribution in [1.82, 2.24) is 19.7 Å². The average Bonchev–Trinajstić information content (AvgIpc) is 2.86. The number of nitrogen functional groups attached to an aromatic ring is 1. The SMILES string of the molecule is N=C(N)c1ccc(N2CCn3cnnc3C2)nc1. The van der Waals surface area contributed by atoms with Gasteiger partial charge in [0.2, 0.25) is 0 Å². The molecule has 0 bridgehead atoms. The molecule has 7 heteroatoms. The molecule has 3 N–H and O–H groups in total. The molecule has 0 atom stereocenters. The van der Waals surface area contributed by atoms with Crippen LogP contribution in [0.4, 0.5) is 5.82 Å².